The molecule has 0 spiro atoms. The van der Waals surface area contributed by atoms with Crippen molar-refractivity contribution in [2.45, 2.75) is 13.2 Å². The van der Waals surface area contributed by atoms with Crippen molar-refractivity contribution < 1.29 is 23.5 Å². The summed E-state index contributed by atoms with van der Waals surface area (Å²) >= 11 is 0. The molecular weight excluding hydrogens is 437 g/mol. The lowest BCUT2D eigenvalue weighted by Crippen LogP contribution is -2.49. The Morgan fingerprint density at radius 2 is 1.38 bits per heavy atom. The van der Waals surface area contributed by atoms with Gasteiger partial charge in [0.15, 0.2) is 0 Å². The lowest BCUT2D eigenvalue weighted by atomic mass is 10.2. The number of anilines is 2. The van der Waals surface area contributed by atoms with Crippen LogP contribution in [0.25, 0.3) is 0 Å². The quantitative estimate of drug-likeness (QED) is 0.555. The van der Waals surface area contributed by atoms with E-state index < -0.39 is 11.9 Å². The van der Waals surface area contributed by atoms with E-state index in [0.717, 1.165) is 11.1 Å². The third kappa shape index (κ3) is 6.25. The second-order valence-corrected chi connectivity index (χ2v) is 7.87. The average molecular weight is 464 g/mol. The predicted molar refractivity (Wildman–Crippen MR) is 127 cm³/mol. The highest BCUT2D eigenvalue weighted by atomic mass is 19.1. The number of nitrogens with one attached hydrogen (secondary N) is 1. The molecule has 0 atom stereocenters. The summed E-state index contributed by atoms with van der Waals surface area (Å²) in [6.07, 6.45) is -1.03. The summed E-state index contributed by atoms with van der Waals surface area (Å²) < 4.78 is 25.3. The molecule has 0 aromatic heterocycles. The van der Waals surface area contributed by atoms with Crippen LogP contribution < -0.4 is 10.2 Å². The van der Waals surface area contributed by atoms with Gasteiger partial charge in [-0.3, -0.25) is 5.32 Å². The normalized spacial score (nSPS) is 13.3. The first-order chi connectivity index (χ1) is 16.6. The Labute approximate surface area is 197 Å². The van der Waals surface area contributed by atoms with Gasteiger partial charge in [-0.2, -0.15) is 0 Å². The van der Waals surface area contributed by atoms with Crippen molar-refractivity contribution in [2.24, 2.45) is 0 Å². The van der Waals surface area contributed by atoms with E-state index in [4.69, 9.17) is 9.47 Å². The Bertz CT molecular complexity index is 1100. The molecule has 1 aliphatic heterocycles. The molecule has 2 amide bonds. The topological polar surface area (TPSA) is 71.1 Å². The summed E-state index contributed by atoms with van der Waals surface area (Å²) in [6, 6.07) is 23.3. The van der Waals surface area contributed by atoms with Gasteiger partial charge in [-0.05, 0) is 29.3 Å². The maximum atomic E-state index is 14.8. The summed E-state index contributed by atoms with van der Waals surface area (Å²) in [6.45, 7) is 2.16. The van der Waals surface area contributed by atoms with Crippen molar-refractivity contribution in [2.75, 3.05) is 36.4 Å². The molecule has 0 radical (unpaired) electrons. The number of halogens is 1. The molecule has 0 unspecified atom stereocenters. The van der Waals surface area contributed by atoms with Crippen LogP contribution in [0.1, 0.15) is 11.1 Å². The summed E-state index contributed by atoms with van der Waals surface area (Å²) in [4.78, 5) is 27.8. The van der Waals surface area contributed by atoms with Gasteiger partial charge < -0.3 is 19.3 Å². The first-order valence-corrected chi connectivity index (χ1v) is 11.1. The molecule has 1 saturated heterocycles. The highest BCUT2D eigenvalue weighted by Gasteiger charge is 2.24. The maximum Gasteiger partial charge on any atom is 0.411 e. The number of carbonyl (C=O) groups excluding carboxylic acids is 2. The minimum absolute atomic E-state index is 0.130. The second-order valence-electron chi connectivity index (χ2n) is 7.87. The van der Waals surface area contributed by atoms with Gasteiger partial charge >= 0.3 is 12.2 Å². The zero-order valence-electron chi connectivity index (χ0n) is 18.7. The Balaban J connectivity index is 1.24. The number of amides is 2. The molecule has 1 heterocycles. The first kappa shape index (κ1) is 23.1. The number of piperazine rings is 1. The van der Waals surface area contributed by atoms with E-state index in [1.165, 1.54) is 6.07 Å². The number of carbonyl (C=O) groups is 2. The molecule has 1 N–H and O–H groups in total. The first-order valence-electron chi connectivity index (χ1n) is 11.1. The molecular formula is C26H26FN3O4. The average Bonchev–Trinajstić information content (AvgIpc) is 2.87. The number of hydrogen-bond donors (Lipinski definition) is 1. The Morgan fingerprint density at radius 1 is 0.794 bits per heavy atom. The van der Waals surface area contributed by atoms with Crippen LogP contribution in [-0.4, -0.2) is 43.3 Å². The van der Waals surface area contributed by atoms with Gasteiger partial charge in [0.25, 0.3) is 0 Å². The maximum absolute atomic E-state index is 14.8. The third-order valence-corrected chi connectivity index (χ3v) is 5.49. The van der Waals surface area contributed by atoms with Crippen LogP contribution in [0.3, 0.4) is 0 Å². The van der Waals surface area contributed by atoms with Gasteiger partial charge in [0.05, 0.1) is 5.69 Å². The largest absolute Gasteiger partial charge is 0.445 e. The van der Waals surface area contributed by atoms with Crippen molar-refractivity contribution >= 4 is 23.6 Å². The molecule has 1 fully saturated rings. The van der Waals surface area contributed by atoms with Crippen molar-refractivity contribution in [1.29, 1.82) is 0 Å². The monoisotopic (exact) mass is 463 g/mol. The van der Waals surface area contributed by atoms with Gasteiger partial charge in [0, 0.05) is 31.9 Å². The second kappa shape index (κ2) is 11.2. The smallest absolute Gasteiger partial charge is 0.411 e. The van der Waals surface area contributed by atoms with E-state index >= 15 is 0 Å². The highest BCUT2D eigenvalue weighted by molar-refractivity contribution is 5.85. The third-order valence-electron chi connectivity index (χ3n) is 5.49. The highest BCUT2D eigenvalue weighted by Crippen LogP contribution is 2.24. The molecule has 0 bridgehead atoms. The molecule has 7 nitrogen and oxygen atoms in total. The van der Waals surface area contributed by atoms with Gasteiger partial charge in [0.1, 0.15) is 19.0 Å². The lowest BCUT2D eigenvalue weighted by Gasteiger charge is -2.35. The van der Waals surface area contributed by atoms with Crippen LogP contribution in [-0.2, 0) is 22.7 Å². The standard InChI is InChI=1S/C26H26FN3O4/c27-23-17-22(28-25(31)33-18-20-7-3-1-4-8-20)11-12-24(23)29-13-15-30(16-14-29)26(32)34-19-21-9-5-2-6-10-21/h1-12,17H,13-16,18-19H2,(H,28,31). The van der Waals surface area contributed by atoms with Crippen molar-refractivity contribution in [3.8, 4) is 0 Å². The van der Waals surface area contributed by atoms with Gasteiger partial charge in [-0.1, -0.05) is 60.7 Å². The van der Waals surface area contributed by atoms with Crippen molar-refractivity contribution in [3.63, 3.8) is 0 Å². The fourth-order valence-corrected chi connectivity index (χ4v) is 3.66. The fourth-order valence-electron chi connectivity index (χ4n) is 3.66. The molecule has 176 valence electrons. The van der Waals surface area contributed by atoms with Crippen LogP contribution in [0.5, 0.6) is 0 Å². The SMILES string of the molecule is O=C(Nc1ccc(N2CCN(C(=O)OCc3ccccc3)CC2)c(F)c1)OCc1ccccc1. The summed E-state index contributed by atoms with van der Waals surface area (Å²) in [5.74, 6) is -0.457. The molecule has 3 aromatic carbocycles. The van der Waals surface area contributed by atoms with Crippen LogP contribution in [0.2, 0.25) is 0 Å². The van der Waals surface area contributed by atoms with E-state index in [-0.39, 0.29) is 19.3 Å². The molecule has 4 rings (SSSR count). The van der Waals surface area contributed by atoms with Crippen LogP contribution >= 0.6 is 0 Å². The summed E-state index contributed by atoms with van der Waals surface area (Å²) in [7, 11) is 0. The number of benzene rings is 3. The molecule has 0 saturated carbocycles. The van der Waals surface area contributed by atoms with Crippen LogP contribution in [0, 0.1) is 5.82 Å². The van der Waals surface area contributed by atoms with Crippen LogP contribution in [0.15, 0.2) is 78.9 Å². The van der Waals surface area contributed by atoms with E-state index in [1.807, 2.05) is 65.6 Å². The number of hydrogen-bond acceptors (Lipinski definition) is 5. The number of ether oxygens (including phenoxy) is 2. The van der Waals surface area contributed by atoms with Crippen LogP contribution in [0.4, 0.5) is 25.4 Å². The van der Waals surface area contributed by atoms with Gasteiger partial charge in [-0.15, -0.1) is 0 Å². The van der Waals surface area contributed by atoms with E-state index in [2.05, 4.69) is 5.32 Å². The van der Waals surface area contributed by atoms with Gasteiger partial charge in [-0.25, -0.2) is 14.0 Å². The molecule has 34 heavy (non-hydrogen) atoms. The van der Waals surface area contributed by atoms with Crippen molar-refractivity contribution in [1.82, 2.24) is 4.90 Å². The minimum Gasteiger partial charge on any atom is -0.445 e. The molecule has 1 aliphatic rings. The Kier molecular flexibility index (Phi) is 7.60. The molecule has 3 aromatic rings. The molecule has 0 aliphatic carbocycles. The van der Waals surface area contributed by atoms with E-state index in [9.17, 15) is 14.0 Å². The van der Waals surface area contributed by atoms with Crippen molar-refractivity contribution in [3.05, 3.63) is 95.8 Å². The fraction of sp³-hybridized carbons (Fsp3) is 0.231. The minimum atomic E-state index is -0.654. The van der Waals surface area contributed by atoms with E-state index in [1.54, 1.807) is 17.0 Å². The number of rotatable bonds is 6. The Morgan fingerprint density at radius 3 is 1.97 bits per heavy atom. The molecule has 8 heteroatoms. The Hall–Kier alpha value is -4.07. The summed E-state index contributed by atoms with van der Waals surface area (Å²) in [5.41, 5.74) is 2.51. The lowest BCUT2D eigenvalue weighted by molar-refractivity contribution is 0.0941. The zero-order chi connectivity index (χ0) is 23.8. The summed E-state index contributed by atoms with van der Waals surface area (Å²) in [5, 5.41) is 2.54. The number of nitrogens with zero attached hydrogens (tertiary/aromatic N) is 2. The van der Waals surface area contributed by atoms with Gasteiger partial charge in [0.2, 0.25) is 0 Å². The predicted octanol–water partition coefficient (Wildman–Crippen LogP) is 5.03. The zero-order valence-corrected chi connectivity index (χ0v) is 18.7. The van der Waals surface area contributed by atoms with E-state index in [0.29, 0.717) is 37.6 Å².